The van der Waals surface area contributed by atoms with Crippen molar-refractivity contribution in [1.82, 2.24) is 19.7 Å². The van der Waals surface area contributed by atoms with Gasteiger partial charge in [0.2, 0.25) is 0 Å². The van der Waals surface area contributed by atoms with Crippen LogP contribution in [0.4, 0.5) is 5.69 Å². The van der Waals surface area contributed by atoms with E-state index in [-0.39, 0.29) is 18.4 Å². The van der Waals surface area contributed by atoms with Gasteiger partial charge in [-0.25, -0.2) is 0 Å². The van der Waals surface area contributed by atoms with Gasteiger partial charge in [0.15, 0.2) is 5.82 Å². The van der Waals surface area contributed by atoms with Crippen LogP contribution in [0, 0.1) is 0 Å². The molecule has 0 radical (unpaired) electrons. The second-order valence-electron chi connectivity index (χ2n) is 7.50. The zero-order valence-corrected chi connectivity index (χ0v) is 15.8. The molecule has 0 atom stereocenters. The van der Waals surface area contributed by atoms with Crippen molar-refractivity contribution in [3.63, 3.8) is 0 Å². The number of rotatable bonds is 4. The Kier molecular flexibility index (Phi) is 5.11. The van der Waals surface area contributed by atoms with Crippen molar-refractivity contribution in [3.8, 4) is 0 Å². The Morgan fingerprint density at radius 3 is 2.33 bits per heavy atom. The van der Waals surface area contributed by atoms with E-state index >= 15 is 0 Å². The molecular formula is C20H27N5O2. The maximum Gasteiger partial charge on any atom is 0.253 e. The van der Waals surface area contributed by atoms with Crippen molar-refractivity contribution in [3.05, 3.63) is 41.5 Å². The highest BCUT2D eigenvalue weighted by atomic mass is 16.3. The Bertz CT molecular complexity index is 787. The first-order valence-corrected chi connectivity index (χ1v) is 9.80. The van der Waals surface area contributed by atoms with Gasteiger partial charge in [-0.3, -0.25) is 4.79 Å². The van der Waals surface area contributed by atoms with Crippen molar-refractivity contribution in [2.24, 2.45) is 7.05 Å². The summed E-state index contributed by atoms with van der Waals surface area (Å²) < 4.78 is 1.87. The average Bonchev–Trinajstić information content (AvgIpc) is 3.37. The lowest BCUT2D eigenvalue weighted by Gasteiger charge is -2.31. The first-order valence-electron chi connectivity index (χ1n) is 9.80. The third-order valence-electron chi connectivity index (χ3n) is 5.87. The fraction of sp³-hybridized carbons (Fsp3) is 0.550. The van der Waals surface area contributed by atoms with Gasteiger partial charge in [-0.2, -0.15) is 0 Å². The zero-order chi connectivity index (χ0) is 18.8. The number of anilines is 1. The Balaban J connectivity index is 1.37. The first-order chi connectivity index (χ1) is 13.2. The van der Waals surface area contributed by atoms with Gasteiger partial charge in [0.1, 0.15) is 12.4 Å². The number of aromatic nitrogens is 3. The van der Waals surface area contributed by atoms with Crippen LogP contribution in [0.5, 0.6) is 0 Å². The van der Waals surface area contributed by atoms with Crippen molar-refractivity contribution in [1.29, 1.82) is 0 Å². The average molecular weight is 369 g/mol. The predicted octanol–water partition coefficient (Wildman–Crippen LogP) is 1.93. The number of benzene rings is 1. The summed E-state index contributed by atoms with van der Waals surface area (Å²) in [4.78, 5) is 17.2. The summed E-state index contributed by atoms with van der Waals surface area (Å²) in [6.45, 7) is 3.56. The molecule has 0 spiro atoms. The summed E-state index contributed by atoms with van der Waals surface area (Å²) in [5, 5.41) is 17.5. The van der Waals surface area contributed by atoms with Crippen molar-refractivity contribution >= 4 is 11.6 Å². The van der Waals surface area contributed by atoms with E-state index in [1.165, 1.54) is 18.5 Å². The van der Waals surface area contributed by atoms with Gasteiger partial charge in [0.05, 0.1) is 0 Å². The topological polar surface area (TPSA) is 74.5 Å². The Morgan fingerprint density at radius 1 is 1.07 bits per heavy atom. The quantitative estimate of drug-likeness (QED) is 0.891. The summed E-state index contributed by atoms with van der Waals surface area (Å²) in [5.41, 5.74) is 1.97. The molecule has 7 nitrogen and oxygen atoms in total. The second kappa shape index (κ2) is 7.68. The lowest BCUT2D eigenvalue weighted by atomic mass is 9.95. The number of carbonyl (C=O) groups excluding carboxylic acids is 1. The second-order valence-corrected chi connectivity index (χ2v) is 7.50. The lowest BCUT2D eigenvalue weighted by Crippen LogP contribution is -2.38. The molecule has 0 aliphatic carbocycles. The maximum atomic E-state index is 12.8. The van der Waals surface area contributed by atoms with E-state index in [0.717, 1.165) is 50.4 Å². The number of piperidine rings is 1. The van der Waals surface area contributed by atoms with Gasteiger partial charge < -0.3 is 19.5 Å². The Labute approximate surface area is 159 Å². The summed E-state index contributed by atoms with van der Waals surface area (Å²) >= 11 is 0. The third-order valence-corrected chi connectivity index (χ3v) is 5.87. The molecule has 0 unspecified atom stereocenters. The molecule has 1 amide bonds. The van der Waals surface area contributed by atoms with E-state index in [0.29, 0.717) is 5.82 Å². The van der Waals surface area contributed by atoms with Crippen molar-refractivity contribution in [2.45, 2.75) is 38.2 Å². The molecule has 0 saturated carbocycles. The monoisotopic (exact) mass is 369 g/mol. The van der Waals surface area contributed by atoms with Crippen LogP contribution in [0.1, 0.15) is 53.6 Å². The number of amides is 1. The minimum Gasteiger partial charge on any atom is -0.388 e. The molecule has 1 aromatic carbocycles. The molecule has 0 bridgehead atoms. The van der Waals surface area contributed by atoms with Crippen LogP contribution in [0.25, 0.3) is 0 Å². The number of likely N-dealkylation sites (tertiary alicyclic amines) is 1. The molecule has 2 aliphatic rings. The highest BCUT2D eigenvalue weighted by Gasteiger charge is 2.28. The molecule has 1 N–H and O–H groups in total. The van der Waals surface area contributed by atoms with Crippen LogP contribution < -0.4 is 4.90 Å². The minimum atomic E-state index is -0.103. The molecule has 7 heteroatoms. The Hall–Kier alpha value is -2.41. The zero-order valence-electron chi connectivity index (χ0n) is 15.8. The maximum absolute atomic E-state index is 12.8. The fourth-order valence-electron chi connectivity index (χ4n) is 4.18. The van der Waals surface area contributed by atoms with Gasteiger partial charge in [-0.15, -0.1) is 10.2 Å². The third kappa shape index (κ3) is 3.56. The molecule has 1 aromatic heterocycles. The number of carbonyl (C=O) groups is 1. The van der Waals surface area contributed by atoms with Gasteiger partial charge in [0.25, 0.3) is 5.91 Å². The van der Waals surface area contributed by atoms with Gasteiger partial charge >= 0.3 is 0 Å². The SMILES string of the molecule is Cn1c(CO)nnc1C1CCN(C(=O)c2ccc(N3CCCC3)cc2)CC1. The van der Waals surface area contributed by atoms with E-state index in [2.05, 4.69) is 27.2 Å². The summed E-state index contributed by atoms with van der Waals surface area (Å²) in [5.74, 6) is 1.88. The molecule has 2 fully saturated rings. The summed E-state index contributed by atoms with van der Waals surface area (Å²) in [7, 11) is 1.89. The molecule has 27 heavy (non-hydrogen) atoms. The van der Waals surface area contributed by atoms with Gasteiger partial charge in [0, 0.05) is 50.4 Å². The first kappa shape index (κ1) is 18.0. The molecule has 144 valence electrons. The summed E-state index contributed by atoms with van der Waals surface area (Å²) in [6.07, 6.45) is 4.24. The molecular weight excluding hydrogens is 342 g/mol. The van der Waals surface area contributed by atoms with E-state index in [4.69, 9.17) is 0 Å². The van der Waals surface area contributed by atoms with E-state index in [9.17, 15) is 9.90 Å². The molecule has 2 saturated heterocycles. The number of nitrogens with zero attached hydrogens (tertiary/aromatic N) is 5. The number of aliphatic hydroxyl groups excluding tert-OH is 1. The van der Waals surface area contributed by atoms with Gasteiger partial charge in [-0.1, -0.05) is 0 Å². The summed E-state index contributed by atoms with van der Waals surface area (Å²) in [6, 6.07) is 8.05. The number of hydrogen-bond donors (Lipinski definition) is 1. The predicted molar refractivity (Wildman–Crippen MR) is 103 cm³/mol. The highest BCUT2D eigenvalue weighted by Crippen LogP contribution is 2.28. The van der Waals surface area contributed by atoms with Gasteiger partial charge in [-0.05, 0) is 49.9 Å². The van der Waals surface area contributed by atoms with Crippen molar-refractivity contribution < 1.29 is 9.90 Å². The van der Waals surface area contributed by atoms with Crippen LogP contribution in [0.2, 0.25) is 0 Å². The van der Waals surface area contributed by atoms with Crippen LogP contribution in [0.15, 0.2) is 24.3 Å². The normalized spacial score (nSPS) is 18.3. The van der Waals surface area contributed by atoms with Crippen LogP contribution in [-0.4, -0.2) is 56.9 Å². The van der Waals surface area contributed by atoms with Crippen LogP contribution >= 0.6 is 0 Å². The highest BCUT2D eigenvalue weighted by molar-refractivity contribution is 5.94. The molecule has 2 aromatic rings. The van der Waals surface area contributed by atoms with E-state index in [1.807, 2.05) is 28.6 Å². The largest absolute Gasteiger partial charge is 0.388 e. The lowest BCUT2D eigenvalue weighted by molar-refractivity contribution is 0.0710. The van der Waals surface area contributed by atoms with E-state index < -0.39 is 0 Å². The fourth-order valence-corrected chi connectivity index (χ4v) is 4.18. The molecule has 2 aliphatic heterocycles. The smallest absolute Gasteiger partial charge is 0.253 e. The van der Waals surface area contributed by atoms with E-state index in [1.54, 1.807) is 0 Å². The standard InChI is InChI=1S/C20H27N5O2/c1-23-18(14-26)21-22-19(23)15-8-12-25(13-9-15)20(27)16-4-6-17(7-5-16)24-10-2-3-11-24/h4-7,15,26H,2-3,8-14H2,1H3. The number of aliphatic hydroxyl groups is 1. The molecule has 3 heterocycles. The van der Waals surface area contributed by atoms with Crippen LogP contribution in [0.3, 0.4) is 0 Å². The molecule has 4 rings (SSSR count). The minimum absolute atomic E-state index is 0.103. The van der Waals surface area contributed by atoms with Crippen molar-refractivity contribution in [2.75, 3.05) is 31.1 Å². The number of hydrogen-bond acceptors (Lipinski definition) is 5. The van der Waals surface area contributed by atoms with Crippen LogP contribution in [-0.2, 0) is 13.7 Å². The Morgan fingerprint density at radius 2 is 1.74 bits per heavy atom.